The van der Waals surface area contributed by atoms with E-state index in [1.54, 1.807) is 30.3 Å². The maximum absolute atomic E-state index is 10.4. The van der Waals surface area contributed by atoms with Crippen molar-refractivity contribution in [3.63, 3.8) is 0 Å². The summed E-state index contributed by atoms with van der Waals surface area (Å²) in [6, 6.07) is 13.9. The van der Waals surface area contributed by atoms with Crippen molar-refractivity contribution < 1.29 is 17.9 Å². The molecule has 2 rings (SSSR count). The summed E-state index contributed by atoms with van der Waals surface area (Å²) < 4.78 is 29.2. The van der Waals surface area contributed by atoms with Gasteiger partial charge in [-0.1, -0.05) is 35.9 Å². The van der Waals surface area contributed by atoms with Crippen molar-refractivity contribution in [2.45, 2.75) is 11.8 Å². The Morgan fingerprint density at radius 2 is 1.50 bits per heavy atom. The second-order valence-corrected chi connectivity index (χ2v) is 5.30. The van der Waals surface area contributed by atoms with Crippen LogP contribution in [0.25, 0.3) is 0 Å². The summed E-state index contributed by atoms with van der Waals surface area (Å²) in [4.78, 5) is 9.64. The molecule has 0 aliphatic heterocycles. The number of aryl methyl sites for hydroxylation is 1. The van der Waals surface area contributed by atoms with Crippen LogP contribution in [0.5, 0.6) is 0 Å². The van der Waals surface area contributed by atoms with E-state index in [9.17, 15) is 18.5 Å². The van der Waals surface area contributed by atoms with Gasteiger partial charge in [-0.05, 0) is 19.1 Å². The van der Waals surface area contributed by atoms with E-state index in [0.717, 1.165) is 5.56 Å². The zero-order valence-electron chi connectivity index (χ0n) is 10.6. The third-order valence-corrected chi connectivity index (χ3v) is 3.15. The van der Waals surface area contributed by atoms with Crippen LogP contribution >= 0.6 is 0 Å². The third-order valence-electron chi connectivity index (χ3n) is 2.29. The second-order valence-electron chi connectivity index (χ2n) is 3.88. The Kier molecular flexibility index (Phi) is 5.36. The van der Waals surface area contributed by atoms with E-state index in [2.05, 4.69) is 0 Å². The van der Waals surface area contributed by atoms with Crippen LogP contribution in [0.2, 0.25) is 0 Å². The Hall–Kier alpha value is -2.25. The van der Waals surface area contributed by atoms with Crippen LogP contribution in [-0.2, 0) is 10.1 Å². The molecule has 7 heteroatoms. The van der Waals surface area contributed by atoms with Crippen molar-refractivity contribution in [1.82, 2.24) is 0 Å². The van der Waals surface area contributed by atoms with Gasteiger partial charge in [-0.15, -0.1) is 0 Å². The normalized spacial score (nSPS) is 10.3. The molecule has 1 N–H and O–H groups in total. The monoisotopic (exact) mass is 295 g/mol. The minimum atomic E-state index is -4.00. The van der Waals surface area contributed by atoms with E-state index in [0.29, 0.717) is 0 Å². The molecule has 0 radical (unpaired) electrons. The quantitative estimate of drug-likeness (QED) is 0.522. The average Bonchev–Trinajstić information content (AvgIpc) is 2.40. The molecule has 0 spiro atoms. The first-order chi connectivity index (χ1) is 9.30. The molecule has 0 aliphatic carbocycles. The standard InChI is InChI=1S/C7H7NO2.C6H6O3S/c1-6-2-4-7(5-3-6)8(9)10;7-10(8,9)6-4-2-1-3-5-6/h2-5H,1H3;1-5H,(H,7,8,9). The van der Waals surface area contributed by atoms with E-state index in [1.165, 1.54) is 24.3 Å². The molecule has 2 aromatic carbocycles. The summed E-state index contributed by atoms with van der Waals surface area (Å²) >= 11 is 0. The topological polar surface area (TPSA) is 97.5 Å². The lowest BCUT2D eigenvalue weighted by atomic mass is 10.2. The minimum absolute atomic E-state index is 0.0741. The van der Waals surface area contributed by atoms with Gasteiger partial charge in [0.15, 0.2) is 0 Å². The maximum Gasteiger partial charge on any atom is 0.294 e. The van der Waals surface area contributed by atoms with Crippen LogP contribution < -0.4 is 0 Å². The number of hydrogen-bond acceptors (Lipinski definition) is 4. The van der Waals surface area contributed by atoms with Crippen LogP contribution in [0.15, 0.2) is 59.5 Å². The summed E-state index contributed by atoms with van der Waals surface area (Å²) in [7, 11) is -4.00. The van der Waals surface area contributed by atoms with Gasteiger partial charge in [0.1, 0.15) is 0 Å². The third kappa shape index (κ3) is 5.17. The fourth-order valence-corrected chi connectivity index (χ4v) is 1.76. The van der Waals surface area contributed by atoms with Crippen LogP contribution in [0.4, 0.5) is 5.69 Å². The fourth-order valence-electron chi connectivity index (χ4n) is 1.26. The van der Waals surface area contributed by atoms with E-state index in [4.69, 9.17) is 4.55 Å². The van der Waals surface area contributed by atoms with Gasteiger partial charge < -0.3 is 0 Å². The van der Waals surface area contributed by atoms with E-state index in [-0.39, 0.29) is 10.6 Å². The number of nitro benzene ring substituents is 1. The maximum atomic E-state index is 10.4. The minimum Gasteiger partial charge on any atom is -0.282 e. The van der Waals surface area contributed by atoms with Crippen LogP contribution in [0, 0.1) is 17.0 Å². The Morgan fingerprint density at radius 1 is 1.00 bits per heavy atom. The average molecular weight is 295 g/mol. The number of nitrogens with zero attached hydrogens (tertiary/aromatic N) is 1. The first-order valence-electron chi connectivity index (χ1n) is 5.54. The largest absolute Gasteiger partial charge is 0.294 e. The smallest absolute Gasteiger partial charge is 0.282 e. The van der Waals surface area contributed by atoms with Crippen molar-refractivity contribution in [3.05, 3.63) is 70.3 Å². The molecule has 0 heterocycles. The molecule has 2 aromatic rings. The lowest BCUT2D eigenvalue weighted by molar-refractivity contribution is -0.384. The Morgan fingerprint density at radius 3 is 1.85 bits per heavy atom. The fraction of sp³-hybridized carbons (Fsp3) is 0.0769. The number of hydrogen-bond donors (Lipinski definition) is 1. The van der Waals surface area contributed by atoms with Gasteiger partial charge >= 0.3 is 0 Å². The van der Waals surface area contributed by atoms with Crippen molar-refractivity contribution in [3.8, 4) is 0 Å². The zero-order chi connectivity index (χ0) is 15.2. The predicted octanol–water partition coefficient (Wildman–Crippen LogP) is 2.84. The molecule has 20 heavy (non-hydrogen) atoms. The summed E-state index contributed by atoms with van der Waals surface area (Å²) in [5.41, 5.74) is 1.18. The summed E-state index contributed by atoms with van der Waals surface area (Å²) in [5, 5.41) is 10.1. The number of benzene rings is 2. The summed E-state index contributed by atoms with van der Waals surface area (Å²) in [6.45, 7) is 1.89. The lowest BCUT2D eigenvalue weighted by Gasteiger charge is -1.92. The molecule has 0 saturated heterocycles. The predicted molar refractivity (Wildman–Crippen MR) is 74.1 cm³/mol. The Labute approximate surface area is 116 Å². The van der Waals surface area contributed by atoms with E-state index < -0.39 is 15.0 Å². The molecule has 0 unspecified atom stereocenters. The van der Waals surface area contributed by atoms with Gasteiger partial charge in [-0.2, -0.15) is 8.42 Å². The van der Waals surface area contributed by atoms with Crippen molar-refractivity contribution in [2.24, 2.45) is 0 Å². The Bertz CT molecular complexity index is 666. The zero-order valence-corrected chi connectivity index (χ0v) is 11.4. The molecular formula is C13H13NO5S. The molecule has 6 nitrogen and oxygen atoms in total. The highest BCUT2D eigenvalue weighted by atomic mass is 32.2. The number of non-ortho nitro benzene ring substituents is 1. The summed E-state index contributed by atoms with van der Waals surface area (Å²) in [6.07, 6.45) is 0. The molecule has 106 valence electrons. The van der Waals surface area contributed by atoms with Crippen molar-refractivity contribution >= 4 is 15.8 Å². The molecule has 0 fully saturated rings. The number of nitro groups is 1. The highest BCUT2D eigenvalue weighted by Crippen LogP contribution is 2.10. The first kappa shape index (κ1) is 15.8. The molecule has 0 bridgehead atoms. The van der Waals surface area contributed by atoms with Gasteiger partial charge in [0.05, 0.1) is 9.82 Å². The molecule has 0 aromatic heterocycles. The summed E-state index contributed by atoms with van der Waals surface area (Å²) in [5.74, 6) is 0. The van der Waals surface area contributed by atoms with E-state index in [1.807, 2.05) is 6.92 Å². The second kappa shape index (κ2) is 6.78. The van der Waals surface area contributed by atoms with Crippen molar-refractivity contribution in [1.29, 1.82) is 0 Å². The van der Waals surface area contributed by atoms with Gasteiger partial charge in [0, 0.05) is 12.1 Å². The molecule has 0 aliphatic rings. The molecule has 0 amide bonds. The Balaban J connectivity index is 0.000000200. The van der Waals surface area contributed by atoms with Crippen LogP contribution in [-0.4, -0.2) is 17.9 Å². The highest BCUT2D eigenvalue weighted by Gasteiger charge is 2.05. The van der Waals surface area contributed by atoms with Gasteiger partial charge in [0.2, 0.25) is 0 Å². The molecular weight excluding hydrogens is 282 g/mol. The van der Waals surface area contributed by atoms with Crippen LogP contribution in [0.1, 0.15) is 5.56 Å². The van der Waals surface area contributed by atoms with Gasteiger partial charge in [-0.25, -0.2) is 0 Å². The first-order valence-corrected chi connectivity index (χ1v) is 6.98. The van der Waals surface area contributed by atoms with Crippen molar-refractivity contribution in [2.75, 3.05) is 0 Å². The van der Waals surface area contributed by atoms with Crippen LogP contribution in [0.3, 0.4) is 0 Å². The van der Waals surface area contributed by atoms with Gasteiger partial charge in [-0.3, -0.25) is 14.7 Å². The highest BCUT2D eigenvalue weighted by molar-refractivity contribution is 7.85. The van der Waals surface area contributed by atoms with Gasteiger partial charge in [0.25, 0.3) is 15.8 Å². The number of rotatable bonds is 2. The molecule has 0 atom stereocenters. The lowest BCUT2D eigenvalue weighted by Crippen LogP contribution is -1.96. The molecule has 0 saturated carbocycles. The van der Waals surface area contributed by atoms with E-state index >= 15 is 0 Å². The SMILES string of the molecule is Cc1ccc([N+](=O)[O-])cc1.O=S(=O)(O)c1ccccc1.